The lowest BCUT2D eigenvalue weighted by molar-refractivity contribution is -0.137. The summed E-state index contributed by atoms with van der Waals surface area (Å²) in [5.41, 5.74) is -0.114. The number of hydrogen-bond acceptors (Lipinski definition) is 2. The number of aromatic nitrogens is 1. The molecule has 0 saturated carbocycles. The number of aryl methyl sites for hydroxylation is 1. The Morgan fingerprint density at radius 3 is 2.70 bits per heavy atom. The van der Waals surface area contributed by atoms with Crippen molar-refractivity contribution in [3.05, 3.63) is 63.9 Å². The van der Waals surface area contributed by atoms with Crippen molar-refractivity contribution in [2.24, 2.45) is 4.99 Å². The van der Waals surface area contributed by atoms with E-state index in [0.29, 0.717) is 10.7 Å². The maximum absolute atomic E-state index is 12.9. The van der Waals surface area contributed by atoms with Crippen LogP contribution in [0.2, 0.25) is 5.02 Å². The molecule has 1 aromatic carbocycles. The molecule has 0 N–H and O–H groups in total. The van der Waals surface area contributed by atoms with Gasteiger partial charge in [-0.05, 0) is 30.7 Å². The molecule has 0 spiro atoms. The number of alkyl halides is 3. The maximum Gasteiger partial charge on any atom is 0.417 e. The van der Waals surface area contributed by atoms with Gasteiger partial charge in [0.05, 0.1) is 21.8 Å². The van der Waals surface area contributed by atoms with Gasteiger partial charge in [0.2, 0.25) is 0 Å². The normalized spacial score (nSPS) is 11.9. The monoisotopic (exact) mass is 340 g/mol. The smallest absolute Gasteiger partial charge is 0.267 e. The summed E-state index contributed by atoms with van der Waals surface area (Å²) in [6.07, 6.45) is -1.64. The van der Waals surface area contributed by atoms with E-state index in [4.69, 9.17) is 11.6 Å². The Hall–Kier alpha value is -2.21. The van der Waals surface area contributed by atoms with E-state index >= 15 is 0 Å². The Kier molecular flexibility index (Phi) is 5.15. The van der Waals surface area contributed by atoms with Gasteiger partial charge >= 0.3 is 6.18 Å². The molecule has 0 aliphatic rings. The second-order valence-corrected chi connectivity index (χ2v) is 5.21. The molecule has 0 unspecified atom stereocenters. The first-order chi connectivity index (χ1) is 10.8. The second kappa shape index (κ2) is 6.91. The minimum Gasteiger partial charge on any atom is -0.267 e. The number of hydrogen-bond donors (Lipinski definition) is 0. The zero-order valence-electron chi connectivity index (χ0n) is 12.1. The standard InChI is InChI=1S/C16H12ClF3N2O/c1-10-8-13(17)14(22-9-10)6-7-21-15(23)11-4-2-3-5-12(11)16(18,19)20/h2-5,7-9H,6H2,1H3/b21-7+. The molecule has 0 bridgehead atoms. The zero-order valence-corrected chi connectivity index (χ0v) is 12.8. The molecule has 1 heterocycles. The van der Waals surface area contributed by atoms with Crippen LogP contribution in [0.4, 0.5) is 13.2 Å². The van der Waals surface area contributed by atoms with E-state index in [-0.39, 0.29) is 6.42 Å². The van der Waals surface area contributed by atoms with E-state index in [1.54, 1.807) is 12.3 Å². The molecule has 0 saturated heterocycles. The fourth-order valence-electron chi connectivity index (χ4n) is 1.91. The number of amides is 1. The third-order valence-corrected chi connectivity index (χ3v) is 3.34. The molecule has 1 aromatic heterocycles. The van der Waals surface area contributed by atoms with E-state index in [0.717, 1.165) is 17.7 Å². The third-order valence-electron chi connectivity index (χ3n) is 3.01. The van der Waals surface area contributed by atoms with Crippen LogP contribution < -0.4 is 0 Å². The number of aliphatic imine (C=N–C) groups is 1. The molecule has 0 aliphatic carbocycles. The van der Waals surface area contributed by atoms with Crippen LogP contribution in [0.25, 0.3) is 0 Å². The van der Waals surface area contributed by atoms with Crippen molar-refractivity contribution < 1.29 is 18.0 Å². The van der Waals surface area contributed by atoms with E-state index in [1.165, 1.54) is 18.3 Å². The number of carbonyl (C=O) groups excluding carboxylic acids is 1. The summed E-state index contributed by atoms with van der Waals surface area (Å²) in [7, 11) is 0. The van der Waals surface area contributed by atoms with Gasteiger partial charge in [0.1, 0.15) is 0 Å². The van der Waals surface area contributed by atoms with Crippen LogP contribution in [-0.2, 0) is 12.6 Å². The number of benzene rings is 1. The number of carbonyl (C=O) groups is 1. The minimum atomic E-state index is -4.61. The van der Waals surface area contributed by atoms with E-state index in [1.807, 2.05) is 6.92 Å². The van der Waals surface area contributed by atoms with Crippen molar-refractivity contribution in [2.75, 3.05) is 0 Å². The topological polar surface area (TPSA) is 42.3 Å². The van der Waals surface area contributed by atoms with Crippen LogP contribution in [0, 0.1) is 6.92 Å². The molecule has 0 radical (unpaired) electrons. The zero-order chi connectivity index (χ0) is 17.0. The third kappa shape index (κ3) is 4.39. The summed E-state index contributed by atoms with van der Waals surface area (Å²) in [4.78, 5) is 19.5. The van der Waals surface area contributed by atoms with Gasteiger partial charge in [-0.15, -0.1) is 0 Å². The number of halogens is 4. The van der Waals surface area contributed by atoms with Crippen LogP contribution in [0.1, 0.15) is 27.2 Å². The summed E-state index contributed by atoms with van der Waals surface area (Å²) in [6, 6.07) is 6.23. The lowest BCUT2D eigenvalue weighted by Gasteiger charge is -2.09. The molecular formula is C16H12ClF3N2O. The predicted octanol–water partition coefficient (Wildman–Crippen LogP) is 4.52. The van der Waals surface area contributed by atoms with Gasteiger partial charge in [-0.25, -0.2) is 4.99 Å². The van der Waals surface area contributed by atoms with Gasteiger partial charge in [-0.3, -0.25) is 9.78 Å². The minimum absolute atomic E-state index is 0.152. The molecule has 2 aromatic rings. The number of rotatable bonds is 3. The van der Waals surface area contributed by atoms with Crippen molar-refractivity contribution in [3.8, 4) is 0 Å². The van der Waals surface area contributed by atoms with Gasteiger partial charge in [0, 0.05) is 18.8 Å². The summed E-state index contributed by atoms with van der Waals surface area (Å²) < 4.78 is 38.6. The summed E-state index contributed by atoms with van der Waals surface area (Å²) in [5, 5.41) is 0.416. The SMILES string of the molecule is Cc1cnc(C/C=N/C(=O)c2ccccc2C(F)(F)F)c(Cl)c1. The second-order valence-electron chi connectivity index (χ2n) is 4.81. The van der Waals surface area contributed by atoms with E-state index in [2.05, 4.69) is 9.98 Å². The maximum atomic E-state index is 12.9. The van der Waals surface area contributed by atoms with Crippen LogP contribution >= 0.6 is 11.6 Å². The molecular weight excluding hydrogens is 329 g/mol. The molecule has 3 nitrogen and oxygen atoms in total. The molecule has 120 valence electrons. The van der Waals surface area contributed by atoms with Crippen LogP contribution in [-0.4, -0.2) is 17.1 Å². The van der Waals surface area contributed by atoms with Gasteiger partial charge in [0.15, 0.2) is 0 Å². The van der Waals surface area contributed by atoms with E-state index < -0.39 is 23.2 Å². The molecule has 0 fully saturated rings. The van der Waals surface area contributed by atoms with Crippen molar-refractivity contribution >= 4 is 23.7 Å². The van der Waals surface area contributed by atoms with Gasteiger partial charge < -0.3 is 0 Å². The molecule has 0 aliphatic heterocycles. The fourth-order valence-corrected chi connectivity index (χ4v) is 2.21. The van der Waals surface area contributed by atoms with Gasteiger partial charge in [-0.1, -0.05) is 23.7 Å². The Morgan fingerprint density at radius 2 is 2.04 bits per heavy atom. The summed E-state index contributed by atoms with van der Waals surface area (Å²) in [6.45, 7) is 1.83. The number of nitrogens with zero attached hydrogens (tertiary/aromatic N) is 2. The molecule has 0 atom stereocenters. The first-order valence-corrected chi connectivity index (χ1v) is 7.01. The highest BCUT2D eigenvalue weighted by Gasteiger charge is 2.34. The Labute approximate surface area is 135 Å². The average molecular weight is 341 g/mol. The largest absolute Gasteiger partial charge is 0.417 e. The quantitative estimate of drug-likeness (QED) is 0.771. The molecule has 2 rings (SSSR count). The van der Waals surface area contributed by atoms with Gasteiger partial charge in [0.25, 0.3) is 5.91 Å². The fraction of sp³-hybridized carbons (Fsp3) is 0.188. The first kappa shape index (κ1) is 17.1. The first-order valence-electron chi connectivity index (χ1n) is 6.63. The van der Waals surface area contributed by atoms with Gasteiger partial charge in [-0.2, -0.15) is 13.2 Å². The highest BCUT2D eigenvalue weighted by molar-refractivity contribution is 6.31. The molecule has 7 heteroatoms. The lowest BCUT2D eigenvalue weighted by Crippen LogP contribution is -2.12. The summed E-state index contributed by atoms with van der Waals surface area (Å²) >= 11 is 5.99. The number of pyridine rings is 1. The van der Waals surface area contributed by atoms with Crippen LogP contribution in [0.3, 0.4) is 0 Å². The summed E-state index contributed by atoms with van der Waals surface area (Å²) in [5.74, 6) is -0.957. The highest BCUT2D eigenvalue weighted by atomic mass is 35.5. The van der Waals surface area contributed by atoms with Crippen molar-refractivity contribution in [1.82, 2.24) is 4.98 Å². The molecule has 1 amide bonds. The lowest BCUT2D eigenvalue weighted by atomic mass is 10.1. The predicted molar refractivity (Wildman–Crippen MR) is 82.0 cm³/mol. The Bertz CT molecular complexity index is 757. The van der Waals surface area contributed by atoms with Crippen molar-refractivity contribution in [3.63, 3.8) is 0 Å². The van der Waals surface area contributed by atoms with Crippen molar-refractivity contribution in [1.29, 1.82) is 0 Å². The molecule has 23 heavy (non-hydrogen) atoms. The highest BCUT2D eigenvalue weighted by Crippen LogP contribution is 2.32. The van der Waals surface area contributed by atoms with Crippen molar-refractivity contribution in [2.45, 2.75) is 19.5 Å². The average Bonchev–Trinajstić information content (AvgIpc) is 2.48. The van der Waals surface area contributed by atoms with E-state index in [9.17, 15) is 18.0 Å². The van der Waals surface area contributed by atoms with Crippen LogP contribution in [0.15, 0.2) is 41.5 Å². The van der Waals surface area contributed by atoms with Crippen LogP contribution in [0.5, 0.6) is 0 Å². The Morgan fingerprint density at radius 1 is 1.35 bits per heavy atom. The Balaban J connectivity index is 2.16.